The summed E-state index contributed by atoms with van der Waals surface area (Å²) >= 11 is 3.60. The van der Waals surface area contributed by atoms with Crippen LogP contribution in [0.2, 0.25) is 0 Å². The quantitative estimate of drug-likeness (QED) is 0.361. The first kappa shape index (κ1) is 17.6. The molecule has 0 aliphatic rings. The zero-order valence-electron chi connectivity index (χ0n) is 13.0. The molecule has 0 spiro atoms. The van der Waals surface area contributed by atoms with Crippen molar-refractivity contribution in [2.45, 2.75) is 77.6 Å². The number of aryl methyl sites for hydroxylation is 1. The molecule has 0 unspecified atom stereocenters. The summed E-state index contributed by atoms with van der Waals surface area (Å²) in [6.07, 6.45) is 15.0. The molecule has 1 aromatic carbocycles. The first-order valence-corrected chi connectivity index (χ1v) is 9.07. The Kier molecular flexibility index (Phi) is 9.82. The van der Waals surface area contributed by atoms with Crippen LogP contribution >= 0.6 is 15.9 Å². The van der Waals surface area contributed by atoms with Crippen LogP contribution in [0.3, 0.4) is 0 Å². The fourth-order valence-corrected chi connectivity index (χ4v) is 3.03. The number of nitrogens with two attached hydrogens (primary N) is 1. The highest BCUT2D eigenvalue weighted by Gasteiger charge is 2.00. The number of halogens is 1. The van der Waals surface area contributed by atoms with Gasteiger partial charge in [-0.3, -0.25) is 0 Å². The second-order valence-corrected chi connectivity index (χ2v) is 6.64. The average molecular weight is 340 g/mol. The van der Waals surface area contributed by atoms with Crippen molar-refractivity contribution in [3.8, 4) is 0 Å². The summed E-state index contributed by atoms with van der Waals surface area (Å²) in [4.78, 5) is 0. The topological polar surface area (TPSA) is 26.0 Å². The number of hydrogen-bond acceptors (Lipinski definition) is 1. The van der Waals surface area contributed by atoms with Gasteiger partial charge in [0.05, 0.1) is 0 Å². The molecule has 114 valence electrons. The SMILES string of the molecule is CCCCCCCCCCCCc1cc(N)ccc1Br. The van der Waals surface area contributed by atoms with Gasteiger partial charge in [0.15, 0.2) is 0 Å². The number of rotatable bonds is 11. The van der Waals surface area contributed by atoms with E-state index < -0.39 is 0 Å². The number of nitrogen functional groups attached to an aromatic ring is 1. The molecule has 1 aromatic rings. The van der Waals surface area contributed by atoms with Crippen LogP contribution in [-0.2, 0) is 6.42 Å². The highest BCUT2D eigenvalue weighted by molar-refractivity contribution is 9.10. The van der Waals surface area contributed by atoms with Crippen molar-refractivity contribution in [2.75, 3.05) is 5.73 Å². The van der Waals surface area contributed by atoms with Gasteiger partial charge in [-0.05, 0) is 36.6 Å². The lowest BCUT2D eigenvalue weighted by atomic mass is 10.0. The van der Waals surface area contributed by atoms with Crippen molar-refractivity contribution in [1.29, 1.82) is 0 Å². The van der Waals surface area contributed by atoms with Gasteiger partial charge in [-0.1, -0.05) is 80.6 Å². The lowest BCUT2D eigenvalue weighted by molar-refractivity contribution is 0.556. The molecule has 20 heavy (non-hydrogen) atoms. The van der Waals surface area contributed by atoms with E-state index in [4.69, 9.17) is 5.73 Å². The third kappa shape index (κ3) is 7.94. The molecule has 0 aliphatic carbocycles. The Labute approximate surface area is 133 Å². The minimum Gasteiger partial charge on any atom is -0.399 e. The summed E-state index contributed by atoms with van der Waals surface area (Å²) in [7, 11) is 0. The molecule has 0 bridgehead atoms. The van der Waals surface area contributed by atoms with Gasteiger partial charge >= 0.3 is 0 Å². The molecule has 0 aromatic heterocycles. The maximum absolute atomic E-state index is 5.83. The lowest BCUT2D eigenvalue weighted by Gasteiger charge is -2.06. The maximum Gasteiger partial charge on any atom is 0.0317 e. The van der Waals surface area contributed by atoms with Gasteiger partial charge in [-0.2, -0.15) is 0 Å². The fraction of sp³-hybridized carbons (Fsp3) is 0.667. The minimum atomic E-state index is 0.871. The molecule has 1 nitrogen and oxygen atoms in total. The molecule has 0 aliphatic heterocycles. The van der Waals surface area contributed by atoms with Crippen LogP contribution in [0.15, 0.2) is 22.7 Å². The van der Waals surface area contributed by atoms with Crippen molar-refractivity contribution in [3.63, 3.8) is 0 Å². The molecule has 0 saturated carbocycles. The van der Waals surface area contributed by atoms with E-state index in [9.17, 15) is 0 Å². The van der Waals surface area contributed by atoms with Gasteiger partial charge in [0, 0.05) is 10.2 Å². The monoisotopic (exact) mass is 339 g/mol. The summed E-state index contributed by atoms with van der Waals surface area (Å²) in [5.74, 6) is 0. The Balaban J connectivity index is 1.98. The second-order valence-electron chi connectivity index (χ2n) is 5.78. The van der Waals surface area contributed by atoms with Crippen LogP contribution in [0, 0.1) is 0 Å². The highest BCUT2D eigenvalue weighted by atomic mass is 79.9. The van der Waals surface area contributed by atoms with Gasteiger partial charge in [-0.15, -0.1) is 0 Å². The van der Waals surface area contributed by atoms with E-state index in [1.54, 1.807) is 0 Å². The fourth-order valence-electron chi connectivity index (χ4n) is 2.59. The van der Waals surface area contributed by atoms with E-state index in [0.29, 0.717) is 0 Å². The molecular weight excluding hydrogens is 310 g/mol. The van der Waals surface area contributed by atoms with Gasteiger partial charge < -0.3 is 5.73 Å². The van der Waals surface area contributed by atoms with Gasteiger partial charge in [0.25, 0.3) is 0 Å². The molecule has 0 radical (unpaired) electrons. The predicted octanol–water partition coefficient (Wildman–Crippen LogP) is 6.49. The largest absolute Gasteiger partial charge is 0.399 e. The summed E-state index contributed by atoms with van der Waals surface area (Å²) in [6, 6.07) is 6.10. The van der Waals surface area contributed by atoms with Crippen molar-refractivity contribution < 1.29 is 0 Å². The Bertz CT molecular complexity index is 362. The van der Waals surface area contributed by atoms with E-state index in [-0.39, 0.29) is 0 Å². The zero-order chi connectivity index (χ0) is 14.6. The van der Waals surface area contributed by atoms with E-state index >= 15 is 0 Å². The van der Waals surface area contributed by atoms with Crippen LogP contribution < -0.4 is 5.73 Å². The van der Waals surface area contributed by atoms with Crippen LogP contribution in [0.5, 0.6) is 0 Å². The third-order valence-corrected chi connectivity index (χ3v) is 4.64. The van der Waals surface area contributed by atoms with Gasteiger partial charge in [-0.25, -0.2) is 0 Å². The lowest BCUT2D eigenvalue weighted by Crippen LogP contribution is -1.91. The Hall–Kier alpha value is -0.500. The number of anilines is 1. The van der Waals surface area contributed by atoms with Crippen LogP contribution in [0.4, 0.5) is 5.69 Å². The molecular formula is C18H30BrN. The summed E-state index contributed by atoms with van der Waals surface area (Å²) in [5.41, 5.74) is 8.05. The smallest absolute Gasteiger partial charge is 0.0317 e. The second kappa shape index (κ2) is 11.2. The van der Waals surface area contributed by atoms with Gasteiger partial charge in [0.2, 0.25) is 0 Å². The first-order valence-electron chi connectivity index (χ1n) is 8.28. The average Bonchev–Trinajstić information content (AvgIpc) is 2.44. The van der Waals surface area contributed by atoms with Crippen molar-refractivity contribution in [2.24, 2.45) is 0 Å². The maximum atomic E-state index is 5.83. The molecule has 2 N–H and O–H groups in total. The molecule has 0 heterocycles. The van der Waals surface area contributed by atoms with Crippen molar-refractivity contribution in [3.05, 3.63) is 28.2 Å². The number of hydrogen-bond donors (Lipinski definition) is 1. The van der Waals surface area contributed by atoms with E-state index in [0.717, 1.165) is 12.1 Å². The standard InChI is InChI=1S/C18H30BrN/c1-2-3-4-5-6-7-8-9-10-11-12-16-15-17(20)13-14-18(16)19/h13-15H,2-12,20H2,1H3. The Morgan fingerprint density at radius 3 is 2.00 bits per heavy atom. The molecule has 1 rings (SSSR count). The van der Waals surface area contributed by atoms with E-state index in [2.05, 4.69) is 35.0 Å². The summed E-state index contributed by atoms with van der Waals surface area (Å²) in [6.45, 7) is 2.28. The van der Waals surface area contributed by atoms with Crippen LogP contribution in [0.25, 0.3) is 0 Å². The molecule has 0 fully saturated rings. The summed E-state index contributed by atoms with van der Waals surface area (Å²) < 4.78 is 1.20. The van der Waals surface area contributed by atoms with E-state index in [1.807, 2.05) is 6.07 Å². The van der Waals surface area contributed by atoms with Crippen LogP contribution in [0.1, 0.15) is 76.7 Å². The molecule has 0 saturated heterocycles. The number of unbranched alkanes of at least 4 members (excludes halogenated alkanes) is 9. The van der Waals surface area contributed by atoms with Crippen LogP contribution in [-0.4, -0.2) is 0 Å². The Morgan fingerprint density at radius 2 is 1.40 bits per heavy atom. The molecule has 0 atom stereocenters. The minimum absolute atomic E-state index is 0.871. The van der Waals surface area contributed by atoms with Crippen molar-refractivity contribution >= 4 is 21.6 Å². The molecule has 0 amide bonds. The van der Waals surface area contributed by atoms with Crippen molar-refractivity contribution in [1.82, 2.24) is 0 Å². The van der Waals surface area contributed by atoms with E-state index in [1.165, 1.54) is 74.2 Å². The molecule has 2 heteroatoms. The first-order chi connectivity index (χ1) is 9.74. The summed E-state index contributed by atoms with van der Waals surface area (Å²) in [5, 5.41) is 0. The predicted molar refractivity (Wildman–Crippen MR) is 94.1 cm³/mol. The van der Waals surface area contributed by atoms with Gasteiger partial charge in [0.1, 0.15) is 0 Å². The normalized spacial score (nSPS) is 10.9. The third-order valence-electron chi connectivity index (χ3n) is 3.87. The Morgan fingerprint density at radius 1 is 0.850 bits per heavy atom. The highest BCUT2D eigenvalue weighted by Crippen LogP contribution is 2.22. The zero-order valence-corrected chi connectivity index (χ0v) is 14.6. The number of benzene rings is 1.